The SMILES string of the molecule is Fc1cc(-c2ncccc2Cl)cc(C(F)(F)F)c1. The Kier molecular flexibility index (Phi) is 3.26. The van der Waals surface area contributed by atoms with Crippen LogP contribution in [0.2, 0.25) is 5.02 Å². The summed E-state index contributed by atoms with van der Waals surface area (Å²) in [6.07, 6.45) is -3.24. The van der Waals surface area contributed by atoms with E-state index in [-0.39, 0.29) is 16.3 Å². The standard InChI is InChI=1S/C12H6ClF4N/c13-10-2-1-3-18-11(10)7-4-8(12(15,16)17)6-9(14)5-7/h1-6H. The number of hydrogen-bond acceptors (Lipinski definition) is 1. The fourth-order valence-electron chi connectivity index (χ4n) is 1.49. The molecule has 0 atom stereocenters. The van der Waals surface area contributed by atoms with Crippen molar-refractivity contribution in [2.45, 2.75) is 6.18 Å². The molecular formula is C12H6ClF4N. The van der Waals surface area contributed by atoms with Gasteiger partial charge in [0, 0.05) is 11.8 Å². The van der Waals surface area contributed by atoms with Crippen LogP contribution in [0, 0.1) is 5.82 Å². The van der Waals surface area contributed by atoms with Gasteiger partial charge in [-0.1, -0.05) is 11.6 Å². The minimum atomic E-state index is -4.61. The first-order chi connectivity index (χ1) is 8.38. The fraction of sp³-hybridized carbons (Fsp3) is 0.0833. The topological polar surface area (TPSA) is 12.9 Å². The van der Waals surface area contributed by atoms with Crippen LogP contribution in [0.15, 0.2) is 36.5 Å². The molecule has 1 aromatic carbocycles. The Balaban J connectivity index is 2.60. The molecule has 0 amide bonds. The molecule has 18 heavy (non-hydrogen) atoms. The van der Waals surface area contributed by atoms with Crippen LogP contribution >= 0.6 is 11.6 Å². The molecule has 1 heterocycles. The fourth-order valence-corrected chi connectivity index (χ4v) is 1.72. The molecule has 0 aliphatic heterocycles. The van der Waals surface area contributed by atoms with Crippen LogP contribution < -0.4 is 0 Å². The normalized spacial score (nSPS) is 11.6. The molecule has 0 fully saturated rings. The van der Waals surface area contributed by atoms with Gasteiger partial charge in [0.25, 0.3) is 0 Å². The zero-order chi connectivity index (χ0) is 13.3. The number of benzene rings is 1. The zero-order valence-electron chi connectivity index (χ0n) is 8.80. The van der Waals surface area contributed by atoms with Crippen molar-refractivity contribution >= 4 is 11.6 Å². The van der Waals surface area contributed by atoms with Crippen LogP contribution in [0.1, 0.15) is 5.56 Å². The van der Waals surface area contributed by atoms with Crippen LogP contribution in [0.4, 0.5) is 17.6 Å². The third-order valence-electron chi connectivity index (χ3n) is 2.26. The minimum Gasteiger partial charge on any atom is -0.255 e. The van der Waals surface area contributed by atoms with Gasteiger partial charge in [-0.05, 0) is 30.3 Å². The van der Waals surface area contributed by atoms with E-state index in [2.05, 4.69) is 4.98 Å². The molecule has 0 radical (unpaired) electrons. The second-order valence-electron chi connectivity index (χ2n) is 3.56. The zero-order valence-corrected chi connectivity index (χ0v) is 9.56. The molecule has 94 valence electrons. The maximum atomic E-state index is 13.2. The largest absolute Gasteiger partial charge is 0.416 e. The van der Waals surface area contributed by atoms with E-state index in [1.54, 1.807) is 0 Å². The van der Waals surface area contributed by atoms with Gasteiger partial charge in [-0.3, -0.25) is 4.98 Å². The number of pyridine rings is 1. The van der Waals surface area contributed by atoms with Crippen LogP contribution in [-0.4, -0.2) is 4.98 Å². The average molecular weight is 276 g/mol. The van der Waals surface area contributed by atoms with Gasteiger partial charge in [-0.15, -0.1) is 0 Å². The van der Waals surface area contributed by atoms with Crippen molar-refractivity contribution in [1.29, 1.82) is 0 Å². The third-order valence-corrected chi connectivity index (χ3v) is 2.56. The predicted molar refractivity (Wildman–Crippen MR) is 59.6 cm³/mol. The van der Waals surface area contributed by atoms with Crippen LogP contribution in [0.25, 0.3) is 11.3 Å². The summed E-state index contributed by atoms with van der Waals surface area (Å²) in [5, 5.41) is 0.163. The van der Waals surface area contributed by atoms with E-state index in [1.165, 1.54) is 18.3 Å². The molecule has 0 aliphatic rings. The summed E-state index contributed by atoms with van der Waals surface area (Å²) in [4.78, 5) is 3.85. The summed E-state index contributed by atoms with van der Waals surface area (Å²) in [6.45, 7) is 0. The van der Waals surface area contributed by atoms with Gasteiger partial charge >= 0.3 is 6.18 Å². The predicted octanol–water partition coefficient (Wildman–Crippen LogP) is 4.56. The molecule has 0 saturated carbocycles. The van der Waals surface area contributed by atoms with Crippen molar-refractivity contribution in [3.05, 3.63) is 52.9 Å². The summed E-state index contributed by atoms with van der Waals surface area (Å²) in [5.41, 5.74) is -0.962. The van der Waals surface area contributed by atoms with E-state index >= 15 is 0 Å². The molecule has 1 aromatic heterocycles. The van der Waals surface area contributed by atoms with Crippen molar-refractivity contribution in [2.75, 3.05) is 0 Å². The second kappa shape index (κ2) is 4.57. The first-order valence-corrected chi connectivity index (χ1v) is 5.24. The van der Waals surface area contributed by atoms with E-state index in [0.29, 0.717) is 6.07 Å². The molecule has 0 saturated heterocycles. The van der Waals surface area contributed by atoms with E-state index < -0.39 is 17.6 Å². The van der Waals surface area contributed by atoms with Gasteiger partial charge in [0.1, 0.15) is 5.82 Å². The van der Waals surface area contributed by atoms with Crippen molar-refractivity contribution < 1.29 is 17.6 Å². The lowest BCUT2D eigenvalue weighted by molar-refractivity contribution is -0.137. The van der Waals surface area contributed by atoms with Crippen molar-refractivity contribution in [1.82, 2.24) is 4.98 Å². The minimum absolute atomic E-state index is 0.00655. The molecule has 0 bridgehead atoms. The highest BCUT2D eigenvalue weighted by Gasteiger charge is 2.31. The molecule has 0 unspecified atom stereocenters. The third kappa shape index (κ3) is 2.61. The lowest BCUT2D eigenvalue weighted by Crippen LogP contribution is -2.05. The van der Waals surface area contributed by atoms with E-state index in [9.17, 15) is 17.6 Å². The Labute approximate surface area is 105 Å². The number of alkyl halides is 3. The summed E-state index contributed by atoms with van der Waals surface area (Å²) in [6, 6.07) is 5.22. The van der Waals surface area contributed by atoms with Gasteiger partial charge in [0.15, 0.2) is 0 Å². The van der Waals surface area contributed by atoms with Crippen molar-refractivity contribution in [3.63, 3.8) is 0 Å². The Hall–Kier alpha value is -1.62. The number of halogens is 5. The molecule has 0 spiro atoms. The number of aromatic nitrogens is 1. The molecule has 0 N–H and O–H groups in total. The number of rotatable bonds is 1. The number of hydrogen-bond donors (Lipinski definition) is 0. The highest BCUT2D eigenvalue weighted by molar-refractivity contribution is 6.33. The molecule has 1 nitrogen and oxygen atoms in total. The molecule has 6 heteroatoms. The van der Waals surface area contributed by atoms with E-state index in [4.69, 9.17) is 11.6 Å². The molecular weight excluding hydrogens is 270 g/mol. The van der Waals surface area contributed by atoms with Gasteiger partial charge in [0.2, 0.25) is 0 Å². The Bertz CT molecular complexity index is 581. The van der Waals surface area contributed by atoms with Crippen molar-refractivity contribution in [3.8, 4) is 11.3 Å². The Morgan fingerprint density at radius 2 is 1.83 bits per heavy atom. The lowest BCUT2D eigenvalue weighted by Gasteiger charge is -2.09. The van der Waals surface area contributed by atoms with Gasteiger partial charge in [0.05, 0.1) is 16.3 Å². The summed E-state index contributed by atoms with van der Waals surface area (Å²) < 4.78 is 50.8. The summed E-state index contributed by atoms with van der Waals surface area (Å²) >= 11 is 5.81. The first kappa shape index (κ1) is 12.8. The van der Waals surface area contributed by atoms with Gasteiger partial charge in [-0.25, -0.2) is 4.39 Å². The maximum Gasteiger partial charge on any atom is 0.416 e. The van der Waals surface area contributed by atoms with E-state index in [1.807, 2.05) is 0 Å². The quantitative estimate of drug-likeness (QED) is 0.695. The molecule has 2 aromatic rings. The highest BCUT2D eigenvalue weighted by atomic mass is 35.5. The van der Waals surface area contributed by atoms with Gasteiger partial charge < -0.3 is 0 Å². The van der Waals surface area contributed by atoms with Crippen LogP contribution in [-0.2, 0) is 6.18 Å². The smallest absolute Gasteiger partial charge is 0.255 e. The highest BCUT2D eigenvalue weighted by Crippen LogP contribution is 2.34. The summed E-state index contributed by atoms with van der Waals surface area (Å²) in [5.74, 6) is -0.985. The average Bonchev–Trinajstić information content (AvgIpc) is 2.27. The maximum absolute atomic E-state index is 13.2. The second-order valence-corrected chi connectivity index (χ2v) is 3.97. The lowest BCUT2D eigenvalue weighted by atomic mass is 10.1. The van der Waals surface area contributed by atoms with Crippen LogP contribution in [0.5, 0.6) is 0 Å². The summed E-state index contributed by atoms with van der Waals surface area (Å²) in [7, 11) is 0. The van der Waals surface area contributed by atoms with Crippen molar-refractivity contribution in [2.24, 2.45) is 0 Å². The van der Waals surface area contributed by atoms with Gasteiger partial charge in [-0.2, -0.15) is 13.2 Å². The van der Waals surface area contributed by atoms with E-state index in [0.717, 1.165) is 12.1 Å². The Morgan fingerprint density at radius 3 is 2.44 bits per heavy atom. The Morgan fingerprint density at radius 1 is 1.11 bits per heavy atom. The molecule has 2 rings (SSSR count). The van der Waals surface area contributed by atoms with Crippen LogP contribution in [0.3, 0.4) is 0 Å². The monoisotopic (exact) mass is 275 g/mol. The number of nitrogens with zero attached hydrogens (tertiary/aromatic N) is 1. The molecule has 0 aliphatic carbocycles. The first-order valence-electron chi connectivity index (χ1n) is 4.86.